The second kappa shape index (κ2) is 7.67. The zero-order valence-electron chi connectivity index (χ0n) is 14.0. The van der Waals surface area contributed by atoms with Gasteiger partial charge in [-0.1, -0.05) is 0 Å². The van der Waals surface area contributed by atoms with Gasteiger partial charge in [-0.15, -0.1) is 4.72 Å². The predicted molar refractivity (Wildman–Crippen MR) is 93.3 cm³/mol. The molecule has 0 aromatic carbocycles. The summed E-state index contributed by atoms with van der Waals surface area (Å²) in [5.41, 5.74) is 1.74. The lowest BCUT2D eigenvalue weighted by atomic mass is 10.2. The van der Waals surface area contributed by atoms with Gasteiger partial charge in [-0.05, 0) is 51.4 Å². The molecule has 126 valence electrons. The number of hydrogen-bond donors (Lipinski definition) is 1. The van der Waals surface area contributed by atoms with E-state index in [0.29, 0.717) is 12.4 Å². The van der Waals surface area contributed by atoms with Crippen molar-refractivity contribution in [2.45, 2.75) is 45.1 Å². The summed E-state index contributed by atoms with van der Waals surface area (Å²) in [5, 5.41) is 0.808. The van der Waals surface area contributed by atoms with Crippen LogP contribution in [0.3, 0.4) is 0 Å². The third kappa shape index (κ3) is 4.95. The molecule has 6 nitrogen and oxygen atoms in total. The summed E-state index contributed by atoms with van der Waals surface area (Å²) in [7, 11) is 1.64. The minimum atomic E-state index is -1.15. The van der Waals surface area contributed by atoms with E-state index in [0.717, 1.165) is 16.3 Å². The molecule has 0 radical (unpaired) electrons. The van der Waals surface area contributed by atoms with Gasteiger partial charge in [0.05, 0.1) is 12.3 Å². The average molecular weight is 355 g/mol. The Morgan fingerprint density at radius 1 is 1.43 bits per heavy atom. The van der Waals surface area contributed by atoms with Crippen LogP contribution < -0.4 is 4.72 Å². The summed E-state index contributed by atoms with van der Waals surface area (Å²) in [6.07, 6.45) is 1.72. The van der Waals surface area contributed by atoms with Crippen molar-refractivity contribution in [3.63, 3.8) is 0 Å². The zero-order chi connectivity index (χ0) is 17.0. The Balaban J connectivity index is 2.12. The smallest absolute Gasteiger partial charge is 0.173 e. The molecule has 0 aliphatic rings. The fourth-order valence-corrected chi connectivity index (χ4v) is 3.29. The lowest BCUT2D eigenvalue weighted by Gasteiger charge is -2.25. The molecule has 0 saturated carbocycles. The molecule has 2 aromatic rings. The second-order valence-electron chi connectivity index (χ2n) is 6.15. The van der Waals surface area contributed by atoms with Gasteiger partial charge >= 0.3 is 0 Å². The van der Waals surface area contributed by atoms with Gasteiger partial charge in [0.25, 0.3) is 0 Å². The number of hydrogen-bond acceptors (Lipinski definition) is 7. The van der Waals surface area contributed by atoms with E-state index in [-0.39, 0.29) is 10.8 Å². The quantitative estimate of drug-likeness (QED) is 0.803. The lowest BCUT2D eigenvalue weighted by molar-refractivity contribution is 0.181. The fraction of sp³-hybridized carbons (Fsp3) is 0.533. The van der Waals surface area contributed by atoms with Gasteiger partial charge in [0, 0.05) is 30.2 Å². The summed E-state index contributed by atoms with van der Waals surface area (Å²) in [6.45, 7) is 8.19. The van der Waals surface area contributed by atoms with Gasteiger partial charge in [0.1, 0.15) is 15.8 Å². The molecule has 0 bridgehead atoms. The summed E-state index contributed by atoms with van der Waals surface area (Å²) in [6, 6.07) is 3.67. The third-order valence-electron chi connectivity index (χ3n) is 3.02. The van der Waals surface area contributed by atoms with Crippen molar-refractivity contribution in [3.8, 4) is 11.4 Å². The van der Waals surface area contributed by atoms with Gasteiger partial charge < -0.3 is 9.29 Å². The van der Waals surface area contributed by atoms with Crippen molar-refractivity contribution in [2.24, 2.45) is 0 Å². The summed E-state index contributed by atoms with van der Waals surface area (Å²) in [5.74, 6) is 0.653. The fourth-order valence-electron chi connectivity index (χ4n) is 1.76. The van der Waals surface area contributed by atoms with Crippen molar-refractivity contribution in [3.05, 3.63) is 29.0 Å². The predicted octanol–water partition coefficient (Wildman–Crippen LogP) is 2.86. The van der Waals surface area contributed by atoms with Crippen LogP contribution in [0.2, 0.25) is 0 Å². The Hall–Kier alpha value is -1.06. The third-order valence-corrected chi connectivity index (χ3v) is 5.60. The average Bonchev–Trinajstić information content (AvgIpc) is 2.97. The Kier molecular flexibility index (Phi) is 6.10. The van der Waals surface area contributed by atoms with Crippen LogP contribution in [-0.4, -0.2) is 30.8 Å². The Morgan fingerprint density at radius 3 is 2.83 bits per heavy atom. The van der Waals surface area contributed by atoms with Crippen LogP contribution in [0.1, 0.15) is 44.4 Å². The molecular weight excluding hydrogens is 332 g/mol. The van der Waals surface area contributed by atoms with Crippen LogP contribution >= 0.6 is 11.5 Å². The SMILES string of the molecule is COCc1cc(-c2nsc([C@H](C)N[S@+]([O-])C(C)(C)C)n2)ccn1. The van der Waals surface area contributed by atoms with Gasteiger partial charge in [-0.25, -0.2) is 4.98 Å². The highest BCUT2D eigenvalue weighted by molar-refractivity contribution is 7.90. The Bertz CT molecular complexity index is 642. The van der Waals surface area contributed by atoms with Crippen molar-refractivity contribution in [1.29, 1.82) is 0 Å². The van der Waals surface area contributed by atoms with Crippen LogP contribution in [0.4, 0.5) is 0 Å². The monoisotopic (exact) mass is 354 g/mol. The number of ether oxygens (including phenoxy) is 1. The minimum Gasteiger partial charge on any atom is -0.598 e. The largest absolute Gasteiger partial charge is 0.598 e. The first kappa shape index (κ1) is 18.3. The molecular formula is C15H22N4O2S2. The molecule has 0 aliphatic heterocycles. The first-order valence-corrected chi connectivity index (χ1v) is 9.19. The minimum absolute atomic E-state index is 0.124. The second-order valence-corrected chi connectivity index (χ2v) is 8.93. The summed E-state index contributed by atoms with van der Waals surface area (Å²) in [4.78, 5) is 8.79. The van der Waals surface area contributed by atoms with E-state index in [1.165, 1.54) is 11.5 Å². The van der Waals surface area contributed by atoms with Gasteiger partial charge in [0.2, 0.25) is 0 Å². The maximum absolute atomic E-state index is 12.2. The molecule has 2 atom stereocenters. The van der Waals surface area contributed by atoms with Gasteiger partial charge in [0.15, 0.2) is 5.82 Å². The van der Waals surface area contributed by atoms with Crippen LogP contribution in [0.25, 0.3) is 11.4 Å². The van der Waals surface area contributed by atoms with Gasteiger partial charge in [-0.2, -0.15) is 4.37 Å². The van der Waals surface area contributed by atoms with E-state index in [4.69, 9.17) is 4.74 Å². The van der Waals surface area contributed by atoms with E-state index in [1.807, 2.05) is 39.8 Å². The number of aromatic nitrogens is 3. The van der Waals surface area contributed by atoms with E-state index in [1.54, 1.807) is 13.3 Å². The standard InChI is InChI=1S/C15H22N4O2S2/c1-10(19-23(20)15(2,3)4)14-17-13(18-22-14)11-6-7-16-12(8-11)9-21-5/h6-8,10,19H,9H2,1-5H3/t10-,23+/m0/s1. The topological polar surface area (TPSA) is 83.0 Å². The Labute approximate surface area is 144 Å². The van der Waals surface area contributed by atoms with E-state index in [9.17, 15) is 4.55 Å². The molecule has 0 saturated heterocycles. The van der Waals surface area contributed by atoms with Crippen LogP contribution in [0, 0.1) is 0 Å². The Morgan fingerprint density at radius 2 is 2.17 bits per heavy atom. The maximum atomic E-state index is 12.2. The zero-order valence-corrected chi connectivity index (χ0v) is 15.6. The molecule has 8 heteroatoms. The molecule has 2 aromatic heterocycles. The van der Waals surface area contributed by atoms with E-state index in [2.05, 4.69) is 19.1 Å². The maximum Gasteiger partial charge on any atom is 0.173 e. The molecule has 0 unspecified atom stereocenters. The van der Waals surface area contributed by atoms with Gasteiger partial charge in [-0.3, -0.25) is 4.98 Å². The van der Waals surface area contributed by atoms with E-state index < -0.39 is 11.4 Å². The molecule has 0 aliphatic carbocycles. The van der Waals surface area contributed by atoms with Crippen molar-refractivity contribution in [2.75, 3.05) is 7.11 Å². The molecule has 1 N–H and O–H groups in total. The highest BCUT2D eigenvalue weighted by Gasteiger charge is 2.29. The summed E-state index contributed by atoms with van der Waals surface area (Å²) >= 11 is 0.167. The molecule has 23 heavy (non-hydrogen) atoms. The van der Waals surface area contributed by atoms with Crippen molar-refractivity contribution < 1.29 is 9.29 Å². The molecule has 0 spiro atoms. The van der Waals surface area contributed by atoms with Crippen LogP contribution in [0.5, 0.6) is 0 Å². The normalized spacial score (nSPS) is 14.7. The molecule has 0 amide bonds. The van der Waals surface area contributed by atoms with Crippen molar-refractivity contribution >= 4 is 22.9 Å². The molecule has 2 heterocycles. The highest BCUT2D eigenvalue weighted by atomic mass is 32.2. The molecule has 0 fully saturated rings. The van der Waals surface area contributed by atoms with E-state index >= 15 is 0 Å². The number of pyridine rings is 1. The molecule has 2 rings (SSSR count). The highest BCUT2D eigenvalue weighted by Crippen LogP contribution is 2.24. The van der Waals surface area contributed by atoms with Crippen molar-refractivity contribution in [1.82, 2.24) is 19.1 Å². The number of nitrogens with one attached hydrogen (secondary N) is 1. The van der Waals surface area contributed by atoms with Crippen LogP contribution in [-0.2, 0) is 22.7 Å². The number of rotatable bonds is 6. The first-order chi connectivity index (χ1) is 10.8. The first-order valence-electron chi connectivity index (χ1n) is 7.27. The lowest BCUT2D eigenvalue weighted by Crippen LogP contribution is -2.40. The number of methoxy groups -OCH3 is 1. The van der Waals surface area contributed by atoms with Crippen LogP contribution in [0.15, 0.2) is 18.3 Å². The number of nitrogens with zero attached hydrogens (tertiary/aromatic N) is 3. The summed E-state index contributed by atoms with van der Waals surface area (Å²) < 4.78 is 24.4.